The molecular formula is C18H21ClO5. The minimum absolute atomic E-state index is 0.205. The molecule has 0 aliphatic rings. The van der Waals surface area contributed by atoms with E-state index in [1.165, 1.54) is 0 Å². The van der Waals surface area contributed by atoms with E-state index < -0.39 is 0 Å². The molecule has 130 valence electrons. The SMILES string of the molecule is COc1cc(OC(C)COc2ccccc2Cl)cc(OC)c1OC. The molecule has 24 heavy (non-hydrogen) atoms. The van der Waals surface area contributed by atoms with Gasteiger partial charge in [-0.1, -0.05) is 23.7 Å². The van der Waals surface area contributed by atoms with Crippen LogP contribution in [0.4, 0.5) is 0 Å². The van der Waals surface area contributed by atoms with Crippen LogP contribution in [-0.2, 0) is 0 Å². The van der Waals surface area contributed by atoms with Gasteiger partial charge in [0.15, 0.2) is 11.5 Å². The molecule has 6 heteroatoms. The molecule has 0 saturated heterocycles. The summed E-state index contributed by atoms with van der Waals surface area (Å²) in [5, 5.41) is 0.567. The van der Waals surface area contributed by atoms with Gasteiger partial charge in [0.25, 0.3) is 0 Å². The summed E-state index contributed by atoms with van der Waals surface area (Å²) in [7, 11) is 4.68. The van der Waals surface area contributed by atoms with Crippen LogP contribution in [0.2, 0.25) is 5.02 Å². The molecule has 1 unspecified atom stereocenters. The fourth-order valence-corrected chi connectivity index (χ4v) is 2.35. The Bertz CT molecular complexity index is 649. The maximum Gasteiger partial charge on any atom is 0.203 e. The molecule has 0 heterocycles. The first kappa shape index (κ1) is 18.1. The van der Waals surface area contributed by atoms with Crippen LogP contribution in [0.1, 0.15) is 6.92 Å². The van der Waals surface area contributed by atoms with E-state index in [0.717, 1.165) is 0 Å². The number of ether oxygens (including phenoxy) is 5. The number of benzene rings is 2. The van der Waals surface area contributed by atoms with Crippen LogP contribution in [0.5, 0.6) is 28.7 Å². The highest BCUT2D eigenvalue weighted by atomic mass is 35.5. The summed E-state index contributed by atoms with van der Waals surface area (Å²) in [6, 6.07) is 10.8. The third-order valence-electron chi connectivity index (χ3n) is 3.29. The molecule has 2 aromatic carbocycles. The quantitative estimate of drug-likeness (QED) is 0.712. The van der Waals surface area contributed by atoms with Crippen molar-refractivity contribution in [3.05, 3.63) is 41.4 Å². The van der Waals surface area contributed by atoms with E-state index in [-0.39, 0.29) is 6.10 Å². The fraction of sp³-hybridized carbons (Fsp3) is 0.333. The zero-order valence-corrected chi connectivity index (χ0v) is 14.9. The van der Waals surface area contributed by atoms with Crippen LogP contribution in [0, 0.1) is 0 Å². The predicted octanol–water partition coefficient (Wildman–Crippen LogP) is 4.21. The Morgan fingerprint density at radius 3 is 2.08 bits per heavy atom. The molecule has 0 bridgehead atoms. The third kappa shape index (κ3) is 4.38. The second kappa shape index (κ2) is 8.55. The highest BCUT2D eigenvalue weighted by molar-refractivity contribution is 6.32. The first-order chi connectivity index (χ1) is 11.6. The topological polar surface area (TPSA) is 46.2 Å². The average molecular weight is 353 g/mol. The van der Waals surface area contributed by atoms with Gasteiger partial charge in [-0.05, 0) is 19.1 Å². The maximum atomic E-state index is 6.07. The third-order valence-corrected chi connectivity index (χ3v) is 3.60. The van der Waals surface area contributed by atoms with Crippen molar-refractivity contribution in [2.45, 2.75) is 13.0 Å². The van der Waals surface area contributed by atoms with Crippen LogP contribution in [0.25, 0.3) is 0 Å². The van der Waals surface area contributed by atoms with Crippen molar-refractivity contribution in [2.75, 3.05) is 27.9 Å². The van der Waals surface area contributed by atoms with E-state index in [9.17, 15) is 0 Å². The maximum absolute atomic E-state index is 6.07. The molecule has 0 amide bonds. The van der Waals surface area contributed by atoms with Crippen LogP contribution in [0.3, 0.4) is 0 Å². The van der Waals surface area contributed by atoms with Crippen molar-refractivity contribution in [3.8, 4) is 28.7 Å². The van der Waals surface area contributed by atoms with Crippen molar-refractivity contribution in [1.29, 1.82) is 0 Å². The average Bonchev–Trinajstić information content (AvgIpc) is 2.60. The predicted molar refractivity (Wildman–Crippen MR) is 93.1 cm³/mol. The highest BCUT2D eigenvalue weighted by Crippen LogP contribution is 2.41. The van der Waals surface area contributed by atoms with Gasteiger partial charge in [-0.2, -0.15) is 0 Å². The lowest BCUT2D eigenvalue weighted by Crippen LogP contribution is -2.21. The van der Waals surface area contributed by atoms with E-state index >= 15 is 0 Å². The monoisotopic (exact) mass is 352 g/mol. The molecule has 2 rings (SSSR count). The fourth-order valence-electron chi connectivity index (χ4n) is 2.16. The number of hydrogen-bond acceptors (Lipinski definition) is 5. The minimum atomic E-state index is -0.205. The van der Waals surface area contributed by atoms with Crippen molar-refractivity contribution in [2.24, 2.45) is 0 Å². The van der Waals surface area contributed by atoms with Gasteiger partial charge in [0, 0.05) is 12.1 Å². The summed E-state index contributed by atoms with van der Waals surface area (Å²) in [6.45, 7) is 2.25. The second-order valence-electron chi connectivity index (χ2n) is 5.03. The zero-order valence-electron chi connectivity index (χ0n) is 14.2. The summed E-state index contributed by atoms with van der Waals surface area (Å²) in [5.41, 5.74) is 0. The molecule has 0 aromatic heterocycles. The van der Waals surface area contributed by atoms with Gasteiger partial charge in [0.05, 0.1) is 26.4 Å². The summed E-state index contributed by atoms with van der Waals surface area (Å²) in [6.07, 6.45) is -0.205. The molecule has 0 radical (unpaired) electrons. The number of para-hydroxylation sites is 1. The smallest absolute Gasteiger partial charge is 0.203 e. The number of halogens is 1. The summed E-state index contributed by atoms with van der Waals surface area (Å²) < 4.78 is 27.5. The summed E-state index contributed by atoms with van der Waals surface area (Å²) in [4.78, 5) is 0. The molecule has 5 nitrogen and oxygen atoms in total. The molecule has 0 N–H and O–H groups in total. The van der Waals surface area contributed by atoms with Crippen molar-refractivity contribution in [1.82, 2.24) is 0 Å². The molecule has 0 spiro atoms. The minimum Gasteiger partial charge on any atom is -0.493 e. The number of methoxy groups -OCH3 is 3. The van der Waals surface area contributed by atoms with Crippen LogP contribution >= 0.6 is 11.6 Å². The highest BCUT2D eigenvalue weighted by Gasteiger charge is 2.15. The standard InChI is InChI=1S/C18H21ClO5/c1-12(11-23-15-8-6-5-7-14(15)19)24-13-9-16(20-2)18(22-4)17(10-13)21-3/h5-10,12H,11H2,1-4H3. The van der Waals surface area contributed by atoms with Gasteiger partial charge in [-0.25, -0.2) is 0 Å². The largest absolute Gasteiger partial charge is 0.493 e. The molecular weight excluding hydrogens is 332 g/mol. The van der Waals surface area contributed by atoms with E-state index in [1.807, 2.05) is 25.1 Å². The van der Waals surface area contributed by atoms with Crippen LogP contribution in [0.15, 0.2) is 36.4 Å². The van der Waals surface area contributed by atoms with E-state index in [1.54, 1.807) is 39.5 Å². The summed E-state index contributed by atoms with van der Waals surface area (Å²) in [5.74, 6) is 2.81. The zero-order chi connectivity index (χ0) is 17.5. The van der Waals surface area contributed by atoms with Crippen molar-refractivity contribution in [3.63, 3.8) is 0 Å². The van der Waals surface area contributed by atoms with Crippen molar-refractivity contribution < 1.29 is 23.7 Å². The first-order valence-electron chi connectivity index (χ1n) is 7.43. The molecule has 0 aliphatic heterocycles. The van der Waals surface area contributed by atoms with Crippen LogP contribution < -0.4 is 23.7 Å². The lowest BCUT2D eigenvalue weighted by molar-refractivity contribution is 0.142. The van der Waals surface area contributed by atoms with E-state index in [2.05, 4.69) is 0 Å². The Kier molecular flexibility index (Phi) is 6.44. The Balaban J connectivity index is 2.06. The molecule has 0 fully saturated rings. The van der Waals surface area contributed by atoms with Crippen LogP contribution in [-0.4, -0.2) is 34.0 Å². The Morgan fingerprint density at radius 2 is 1.54 bits per heavy atom. The first-order valence-corrected chi connectivity index (χ1v) is 7.80. The second-order valence-corrected chi connectivity index (χ2v) is 5.44. The summed E-state index contributed by atoms with van der Waals surface area (Å²) >= 11 is 6.07. The lowest BCUT2D eigenvalue weighted by atomic mass is 10.2. The number of hydrogen-bond donors (Lipinski definition) is 0. The lowest BCUT2D eigenvalue weighted by Gasteiger charge is -2.18. The van der Waals surface area contributed by atoms with Gasteiger partial charge < -0.3 is 23.7 Å². The molecule has 0 aliphatic carbocycles. The Labute approximate surface area is 147 Å². The number of rotatable bonds is 8. The van der Waals surface area contributed by atoms with Gasteiger partial charge in [-0.15, -0.1) is 0 Å². The molecule has 0 saturated carbocycles. The normalized spacial score (nSPS) is 11.5. The Morgan fingerprint density at radius 1 is 0.917 bits per heavy atom. The van der Waals surface area contributed by atoms with Gasteiger partial charge in [0.1, 0.15) is 24.2 Å². The van der Waals surface area contributed by atoms with Crippen molar-refractivity contribution >= 4 is 11.6 Å². The van der Waals surface area contributed by atoms with E-state index in [0.29, 0.717) is 40.4 Å². The van der Waals surface area contributed by atoms with Gasteiger partial charge in [-0.3, -0.25) is 0 Å². The van der Waals surface area contributed by atoms with Gasteiger partial charge >= 0.3 is 0 Å². The molecule has 1 atom stereocenters. The van der Waals surface area contributed by atoms with Gasteiger partial charge in [0.2, 0.25) is 5.75 Å². The molecule has 2 aromatic rings. The Hall–Kier alpha value is -2.27. The van der Waals surface area contributed by atoms with E-state index in [4.69, 9.17) is 35.3 Å².